The molecule has 0 saturated heterocycles. The highest BCUT2D eigenvalue weighted by atomic mass is 16.4. The molecule has 28 heavy (non-hydrogen) atoms. The molecule has 1 N–H and O–H groups in total. The zero-order chi connectivity index (χ0) is 18.9. The quantitative estimate of drug-likeness (QED) is 0.396. The average molecular weight is 363 g/mol. The molecule has 3 nitrogen and oxygen atoms in total. The van der Waals surface area contributed by atoms with Gasteiger partial charge in [0.15, 0.2) is 5.76 Å². The van der Waals surface area contributed by atoms with Crippen LogP contribution in [0.2, 0.25) is 0 Å². The first kappa shape index (κ1) is 16.3. The van der Waals surface area contributed by atoms with Crippen molar-refractivity contribution in [2.75, 3.05) is 0 Å². The first-order chi connectivity index (χ1) is 13.8. The van der Waals surface area contributed by atoms with Crippen molar-refractivity contribution in [1.82, 2.24) is 4.98 Å². The molecule has 0 unspecified atom stereocenters. The molecule has 0 amide bonds. The molecular weight excluding hydrogens is 346 g/mol. The van der Waals surface area contributed by atoms with E-state index >= 15 is 0 Å². The van der Waals surface area contributed by atoms with E-state index in [0.29, 0.717) is 17.2 Å². The maximum Gasteiger partial charge on any atom is 0.231 e. The summed E-state index contributed by atoms with van der Waals surface area (Å²) < 4.78 is 6.20. The Labute approximate surface area is 162 Å². The Balaban J connectivity index is 1.74. The van der Waals surface area contributed by atoms with Crippen molar-refractivity contribution in [3.05, 3.63) is 97.1 Å². The minimum Gasteiger partial charge on any atom is -0.507 e. The Bertz CT molecular complexity index is 1200. The van der Waals surface area contributed by atoms with Crippen LogP contribution in [0, 0.1) is 0 Å². The van der Waals surface area contributed by atoms with Crippen molar-refractivity contribution in [3.63, 3.8) is 0 Å². The van der Waals surface area contributed by atoms with Gasteiger partial charge in [-0.05, 0) is 22.9 Å². The number of aromatic hydroxyl groups is 1. The Morgan fingerprint density at radius 3 is 1.89 bits per heavy atom. The Morgan fingerprint density at radius 1 is 0.643 bits per heavy atom. The summed E-state index contributed by atoms with van der Waals surface area (Å²) in [4.78, 5) is 4.77. The Hall–Kier alpha value is -3.85. The number of hydrogen-bond donors (Lipinski definition) is 1. The smallest absolute Gasteiger partial charge is 0.231 e. The van der Waals surface area contributed by atoms with E-state index in [-0.39, 0.29) is 5.75 Å². The minimum atomic E-state index is 0.152. The molecule has 0 saturated carbocycles. The number of hydrogen-bond acceptors (Lipinski definition) is 3. The van der Waals surface area contributed by atoms with Gasteiger partial charge in [-0.3, -0.25) is 0 Å². The topological polar surface area (TPSA) is 46.3 Å². The summed E-state index contributed by atoms with van der Waals surface area (Å²) in [6.07, 6.45) is 0. The molecule has 0 aliphatic heterocycles. The van der Waals surface area contributed by atoms with Crippen molar-refractivity contribution < 1.29 is 9.52 Å². The lowest BCUT2D eigenvalue weighted by Crippen LogP contribution is -1.83. The first-order valence-corrected chi connectivity index (χ1v) is 9.13. The van der Waals surface area contributed by atoms with Gasteiger partial charge in [0.1, 0.15) is 11.4 Å². The third kappa shape index (κ3) is 2.83. The van der Waals surface area contributed by atoms with Gasteiger partial charge >= 0.3 is 0 Å². The van der Waals surface area contributed by atoms with Gasteiger partial charge in [-0.15, -0.1) is 0 Å². The molecule has 4 aromatic carbocycles. The molecule has 5 aromatic rings. The summed E-state index contributed by atoms with van der Waals surface area (Å²) in [6, 6.07) is 31.4. The van der Waals surface area contributed by atoms with Crippen molar-refractivity contribution >= 4 is 10.8 Å². The second kappa shape index (κ2) is 6.71. The number of nitrogens with zero attached hydrogens (tertiary/aromatic N) is 1. The fraction of sp³-hybridized carbons (Fsp3) is 0. The predicted molar refractivity (Wildman–Crippen MR) is 112 cm³/mol. The van der Waals surface area contributed by atoms with E-state index in [0.717, 1.165) is 27.6 Å². The Kier molecular flexibility index (Phi) is 3.91. The number of aromatic nitrogens is 1. The molecule has 1 heterocycles. The molecule has 5 rings (SSSR count). The molecule has 0 bridgehead atoms. The van der Waals surface area contributed by atoms with Crippen LogP contribution in [0.15, 0.2) is 101 Å². The van der Waals surface area contributed by atoms with E-state index in [4.69, 9.17) is 9.40 Å². The van der Waals surface area contributed by atoms with Gasteiger partial charge in [0.05, 0.1) is 5.56 Å². The number of phenols is 1. The standard InChI is InChI=1S/C25H17NO2/c27-22-16-20-14-8-7-13-19(20)15-21(22)25-26-23(17-9-3-1-4-10-17)24(28-25)18-11-5-2-6-12-18/h1-16,27H. The zero-order valence-electron chi connectivity index (χ0n) is 15.0. The molecule has 134 valence electrons. The van der Waals surface area contributed by atoms with E-state index in [9.17, 15) is 5.11 Å². The first-order valence-electron chi connectivity index (χ1n) is 9.13. The summed E-state index contributed by atoms with van der Waals surface area (Å²) in [7, 11) is 0. The molecule has 0 radical (unpaired) electrons. The molecule has 0 aliphatic rings. The van der Waals surface area contributed by atoms with Crippen molar-refractivity contribution in [2.45, 2.75) is 0 Å². The van der Waals surface area contributed by atoms with Crippen LogP contribution in [0.1, 0.15) is 0 Å². The van der Waals surface area contributed by atoms with Gasteiger partial charge in [0.2, 0.25) is 5.89 Å². The minimum absolute atomic E-state index is 0.152. The van der Waals surface area contributed by atoms with Gasteiger partial charge in [-0.25, -0.2) is 4.98 Å². The van der Waals surface area contributed by atoms with Gasteiger partial charge in [-0.1, -0.05) is 84.9 Å². The van der Waals surface area contributed by atoms with Crippen LogP contribution in [0.4, 0.5) is 0 Å². The number of benzene rings is 4. The highest BCUT2D eigenvalue weighted by molar-refractivity contribution is 5.90. The monoisotopic (exact) mass is 363 g/mol. The van der Waals surface area contributed by atoms with E-state index in [1.807, 2.05) is 91.0 Å². The Morgan fingerprint density at radius 2 is 1.21 bits per heavy atom. The fourth-order valence-corrected chi connectivity index (χ4v) is 3.41. The van der Waals surface area contributed by atoms with Crippen LogP contribution in [0.3, 0.4) is 0 Å². The van der Waals surface area contributed by atoms with E-state index < -0.39 is 0 Å². The highest BCUT2D eigenvalue weighted by Crippen LogP contribution is 2.39. The molecule has 1 aromatic heterocycles. The van der Waals surface area contributed by atoms with Crippen molar-refractivity contribution in [2.24, 2.45) is 0 Å². The third-order valence-corrected chi connectivity index (χ3v) is 4.80. The van der Waals surface area contributed by atoms with Gasteiger partial charge < -0.3 is 9.52 Å². The predicted octanol–water partition coefficient (Wildman–Crippen LogP) is 6.53. The van der Waals surface area contributed by atoms with Crippen LogP contribution < -0.4 is 0 Å². The zero-order valence-corrected chi connectivity index (χ0v) is 15.0. The lowest BCUT2D eigenvalue weighted by Gasteiger charge is -2.04. The van der Waals surface area contributed by atoms with Crippen LogP contribution >= 0.6 is 0 Å². The van der Waals surface area contributed by atoms with Crippen molar-refractivity contribution in [1.29, 1.82) is 0 Å². The fourth-order valence-electron chi connectivity index (χ4n) is 3.41. The van der Waals surface area contributed by atoms with Gasteiger partial charge in [0.25, 0.3) is 0 Å². The number of oxazole rings is 1. The highest BCUT2D eigenvalue weighted by Gasteiger charge is 2.20. The molecule has 0 spiro atoms. The second-order valence-corrected chi connectivity index (χ2v) is 6.65. The number of phenolic OH excluding ortho intramolecular Hbond substituents is 1. The van der Waals surface area contributed by atoms with E-state index in [1.165, 1.54) is 0 Å². The number of fused-ring (bicyclic) bond motifs is 1. The largest absolute Gasteiger partial charge is 0.507 e. The SMILES string of the molecule is Oc1cc2ccccc2cc1-c1nc(-c2ccccc2)c(-c2ccccc2)o1. The van der Waals surface area contributed by atoms with Crippen LogP contribution in [0.25, 0.3) is 44.8 Å². The molecule has 0 fully saturated rings. The average Bonchev–Trinajstić information content (AvgIpc) is 3.20. The molecule has 0 aliphatic carbocycles. The third-order valence-electron chi connectivity index (χ3n) is 4.80. The summed E-state index contributed by atoms with van der Waals surface area (Å²) in [6.45, 7) is 0. The normalized spacial score (nSPS) is 11.0. The number of rotatable bonds is 3. The molecule has 3 heteroatoms. The second-order valence-electron chi connectivity index (χ2n) is 6.65. The maximum atomic E-state index is 10.6. The van der Waals surface area contributed by atoms with Crippen LogP contribution in [-0.4, -0.2) is 10.1 Å². The lowest BCUT2D eigenvalue weighted by molar-refractivity contribution is 0.474. The van der Waals surface area contributed by atoms with Gasteiger partial charge in [0, 0.05) is 11.1 Å². The lowest BCUT2D eigenvalue weighted by atomic mass is 10.1. The summed E-state index contributed by atoms with van der Waals surface area (Å²) in [5.41, 5.74) is 3.25. The maximum absolute atomic E-state index is 10.6. The molecule has 0 atom stereocenters. The van der Waals surface area contributed by atoms with Crippen LogP contribution in [-0.2, 0) is 0 Å². The van der Waals surface area contributed by atoms with Crippen molar-refractivity contribution in [3.8, 4) is 39.8 Å². The van der Waals surface area contributed by atoms with E-state index in [1.54, 1.807) is 6.07 Å². The summed E-state index contributed by atoms with van der Waals surface area (Å²) in [5.74, 6) is 1.24. The summed E-state index contributed by atoms with van der Waals surface area (Å²) in [5, 5.41) is 12.6. The van der Waals surface area contributed by atoms with E-state index in [2.05, 4.69) is 0 Å². The molecular formula is C25H17NO2. The summed E-state index contributed by atoms with van der Waals surface area (Å²) >= 11 is 0. The van der Waals surface area contributed by atoms with Crippen LogP contribution in [0.5, 0.6) is 5.75 Å². The van der Waals surface area contributed by atoms with Gasteiger partial charge in [-0.2, -0.15) is 0 Å².